The number of aromatic nitrogens is 2. The highest BCUT2D eigenvalue weighted by Crippen LogP contribution is 2.41. The fourth-order valence-electron chi connectivity index (χ4n) is 13.1. The van der Waals surface area contributed by atoms with E-state index in [0.717, 1.165) is 27.6 Å². The van der Waals surface area contributed by atoms with Crippen molar-refractivity contribution in [3.05, 3.63) is 198 Å². The van der Waals surface area contributed by atoms with Crippen molar-refractivity contribution in [2.45, 2.75) is 69.4 Å². The van der Waals surface area contributed by atoms with Crippen molar-refractivity contribution in [2.75, 3.05) is 164 Å². The Morgan fingerprint density at radius 2 is 1.15 bits per heavy atom. The molecule has 5 amide bonds. The van der Waals surface area contributed by atoms with Crippen LogP contribution in [0.1, 0.15) is 70.7 Å². The SMILES string of the molecule is CN1C(O)C(Br)=C(Br)C(=O)N1CCC(=O)NCCOCCOCCOCCOCCOCCOCCOCCOCCNC(=O)COCC(=O)N[C@@H](CCCCNC(c1ccccc1)(c1ccccc1)c1ccccc1)C(=O)Nc1ccc(COC(=O)O[C@@H]2C(=O)OCc3c2cc2n(c3=O)Cc3cc4cc5c(cc4nc3-2)OCO5)cc1. The van der Waals surface area contributed by atoms with Gasteiger partial charge in [0.15, 0.2) is 17.7 Å². The number of carbonyl (C=O) groups is 7. The minimum absolute atomic E-state index is 0.0528. The first-order valence-electron chi connectivity index (χ1n) is 38.2. The Bertz CT molecular complexity index is 4440. The van der Waals surface area contributed by atoms with Gasteiger partial charge in [-0.1, -0.05) is 103 Å². The second-order valence-corrected chi connectivity index (χ2v) is 28.5. The lowest BCUT2D eigenvalue weighted by molar-refractivity contribution is -0.160. The standard InChI is InChI=1S/C82H95Br2N9O23/c1-91-78(99)72(83)73(84)79(100)93(91)28-24-69(94)85-26-29-103-31-33-105-35-37-107-39-41-109-43-44-110-42-40-108-38-36-106-34-32-104-30-27-86-70(95)52-111-53-71(96)89-64(19-11-12-25-87-82(58-13-5-2-6-14-58,59-15-7-3-8-16-59)60-17-9-4-10-18-60)76(97)88-61-22-20-55(21-23-61)50-113-81(102)116-75-62-47-66-74-57(49-92(66)77(98)63(62)51-112-80(75)101)45-56-46-67-68(115-54-114-67)48-65(56)90-74/h2-10,13-18,20-23,45-48,64,75,78,87,99H,11-12,19,24-44,49-54H2,1H3,(H,85,94)(H,86,95)(H,88,97)(H,89,96)/t64-,75-,78?/m0/s1. The van der Waals surface area contributed by atoms with Crippen LogP contribution in [0.3, 0.4) is 0 Å². The normalized spacial score (nSPS) is 15.2. The number of rotatable bonds is 49. The van der Waals surface area contributed by atoms with Gasteiger partial charge in [0.25, 0.3) is 11.5 Å². The molecule has 116 heavy (non-hydrogen) atoms. The van der Waals surface area contributed by atoms with Crippen molar-refractivity contribution >= 4 is 90.1 Å². The van der Waals surface area contributed by atoms with Crippen LogP contribution in [0.5, 0.6) is 11.5 Å². The van der Waals surface area contributed by atoms with Gasteiger partial charge in [-0.15, -0.1) is 0 Å². The summed E-state index contributed by atoms with van der Waals surface area (Å²) in [5.41, 5.74) is 5.52. The van der Waals surface area contributed by atoms with Crippen LogP contribution in [-0.2, 0) is 111 Å². The number of halogens is 2. The summed E-state index contributed by atoms with van der Waals surface area (Å²) in [6.07, 6.45) is -2.46. The second kappa shape index (κ2) is 45.2. The van der Waals surface area contributed by atoms with E-state index in [1.165, 1.54) is 10.0 Å². The summed E-state index contributed by atoms with van der Waals surface area (Å²) in [4.78, 5) is 111. The van der Waals surface area contributed by atoms with Crippen LogP contribution < -0.4 is 41.6 Å². The highest BCUT2D eigenvalue weighted by Gasteiger charge is 2.40. The van der Waals surface area contributed by atoms with Gasteiger partial charge in [0.05, 0.1) is 149 Å². The Labute approximate surface area is 686 Å². The van der Waals surface area contributed by atoms with Crippen LogP contribution in [0.25, 0.3) is 22.3 Å². The number of benzene rings is 5. The van der Waals surface area contributed by atoms with Crippen LogP contribution in [0.2, 0.25) is 0 Å². The molecule has 0 fully saturated rings. The molecule has 0 bridgehead atoms. The number of hydrogen-bond acceptors (Lipinski definition) is 26. The third kappa shape index (κ3) is 24.5. The van der Waals surface area contributed by atoms with Crippen molar-refractivity contribution in [3.8, 4) is 22.9 Å². The zero-order valence-corrected chi connectivity index (χ0v) is 67.4. The number of aliphatic hydroxyl groups is 1. The number of nitrogens with zero attached hydrogens (tertiary/aromatic N) is 4. The number of anilines is 1. The van der Waals surface area contributed by atoms with Gasteiger partial charge in [-0.3, -0.25) is 39.1 Å². The fourth-order valence-corrected chi connectivity index (χ4v) is 14.0. The van der Waals surface area contributed by atoms with Gasteiger partial charge in [-0.2, -0.15) is 5.01 Å². The number of nitrogens with one attached hydrogen (secondary N) is 5. The van der Waals surface area contributed by atoms with E-state index in [-0.39, 0.29) is 93.1 Å². The first kappa shape index (κ1) is 87.2. The number of ether oxygens (including phenoxy) is 14. The summed E-state index contributed by atoms with van der Waals surface area (Å²) in [6, 6.07) is 43.1. The molecular weight excluding hydrogens is 1640 g/mol. The van der Waals surface area contributed by atoms with E-state index >= 15 is 0 Å². The molecule has 4 aliphatic rings. The van der Waals surface area contributed by atoms with Crippen molar-refractivity contribution in [1.82, 2.24) is 40.8 Å². The maximum Gasteiger partial charge on any atom is 0.509 e. The maximum absolute atomic E-state index is 14.2. The predicted octanol–water partition coefficient (Wildman–Crippen LogP) is 6.56. The van der Waals surface area contributed by atoms with Crippen molar-refractivity contribution < 1.29 is 105 Å². The Balaban J connectivity index is 0.540. The number of hydrogen-bond donors (Lipinski definition) is 6. The number of unbranched alkanes of at least 4 members (excludes halogenated alkanes) is 1. The first-order chi connectivity index (χ1) is 56.6. The highest BCUT2D eigenvalue weighted by molar-refractivity contribution is 9.14. The maximum atomic E-state index is 14.2. The molecule has 2 aromatic heterocycles. The lowest BCUT2D eigenvalue weighted by atomic mass is 9.77. The van der Waals surface area contributed by atoms with E-state index < -0.39 is 72.5 Å². The summed E-state index contributed by atoms with van der Waals surface area (Å²) in [6.45, 7) is 5.51. The highest BCUT2D eigenvalue weighted by atomic mass is 79.9. The van der Waals surface area contributed by atoms with Gasteiger partial charge < -0.3 is 97.3 Å². The van der Waals surface area contributed by atoms with Crippen molar-refractivity contribution in [2.24, 2.45) is 0 Å². The average Bonchev–Trinajstić information content (AvgIpc) is 1.47. The zero-order chi connectivity index (χ0) is 81.4. The van der Waals surface area contributed by atoms with E-state index in [9.17, 15) is 43.5 Å². The Morgan fingerprint density at radius 1 is 0.612 bits per heavy atom. The molecule has 4 aliphatic heterocycles. The molecule has 0 radical (unpaired) electrons. The number of aliphatic hydroxyl groups excluding tert-OH is 1. The van der Waals surface area contributed by atoms with Gasteiger partial charge in [0.1, 0.15) is 32.5 Å². The molecule has 32 nitrogen and oxygen atoms in total. The Hall–Kier alpha value is -9.63. The van der Waals surface area contributed by atoms with E-state index in [4.69, 9.17) is 71.3 Å². The molecule has 0 saturated heterocycles. The molecule has 6 N–H and O–H groups in total. The van der Waals surface area contributed by atoms with Gasteiger partial charge in [0.2, 0.25) is 36.5 Å². The molecule has 5 aromatic carbocycles. The summed E-state index contributed by atoms with van der Waals surface area (Å²) in [7, 11) is 1.56. The summed E-state index contributed by atoms with van der Waals surface area (Å²) >= 11 is 6.36. The number of likely N-dealkylation sites (N-methyl/N-ethyl adjacent to an activating group) is 1. The monoisotopic (exact) mass is 1730 g/mol. The smallest absolute Gasteiger partial charge is 0.458 e. The van der Waals surface area contributed by atoms with Gasteiger partial charge in [0, 0.05) is 61.4 Å². The van der Waals surface area contributed by atoms with E-state index in [2.05, 4.69) is 94.8 Å². The molecule has 6 heterocycles. The molecule has 11 rings (SSSR count). The fraction of sp³-hybridized carbons (Fsp3) is 0.427. The molecule has 0 saturated carbocycles. The molecule has 1 unspecified atom stereocenters. The summed E-state index contributed by atoms with van der Waals surface area (Å²) in [5, 5.41) is 28.7. The Morgan fingerprint density at radius 3 is 1.72 bits per heavy atom. The third-order valence-corrected chi connectivity index (χ3v) is 21.1. The zero-order valence-electron chi connectivity index (χ0n) is 64.2. The number of cyclic esters (lactones) is 1. The number of fused-ring (bicyclic) bond motifs is 6. The van der Waals surface area contributed by atoms with Gasteiger partial charge >= 0.3 is 12.1 Å². The van der Waals surface area contributed by atoms with E-state index in [1.54, 1.807) is 48.0 Å². The van der Waals surface area contributed by atoms with E-state index in [0.29, 0.717) is 163 Å². The largest absolute Gasteiger partial charge is 0.509 e. The number of amides is 5. The lowest BCUT2D eigenvalue weighted by Gasteiger charge is -2.38. The molecule has 7 aromatic rings. The molecule has 0 aliphatic carbocycles. The number of esters is 1. The van der Waals surface area contributed by atoms with Crippen molar-refractivity contribution in [1.29, 1.82) is 0 Å². The van der Waals surface area contributed by atoms with Gasteiger partial charge in [-0.05, 0) is 110 Å². The van der Waals surface area contributed by atoms with E-state index in [1.807, 2.05) is 66.7 Å². The van der Waals surface area contributed by atoms with Crippen LogP contribution in [0, 0.1) is 0 Å². The predicted molar refractivity (Wildman–Crippen MR) is 427 cm³/mol. The molecule has 620 valence electrons. The number of carbonyl (C=O) groups excluding carboxylic acids is 7. The first-order valence-corrected chi connectivity index (χ1v) is 39.8. The van der Waals surface area contributed by atoms with Crippen LogP contribution >= 0.6 is 31.9 Å². The third-order valence-electron chi connectivity index (χ3n) is 19.0. The topological polar surface area (TPSA) is 370 Å². The minimum atomic E-state index is -1.60. The van der Waals surface area contributed by atoms with Crippen LogP contribution in [-0.4, -0.2) is 238 Å². The quantitative estimate of drug-likeness (QED) is 0.0133. The molecular formula is C82H95Br2N9O23. The Kier molecular flexibility index (Phi) is 34.0. The number of pyridine rings is 2. The minimum Gasteiger partial charge on any atom is -0.458 e. The van der Waals surface area contributed by atoms with Crippen molar-refractivity contribution in [3.63, 3.8) is 0 Å². The summed E-state index contributed by atoms with van der Waals surface area (Å²) < 4.78 is 79.4. The molecule has 0 spiro atoms. The summed E-state index contributed by atoms with van der Waals surface area (Å²) in [5.74, 6) is -1.97. The average molecular weight is 1730 g/mol. The van der Waals surface area contributed by atoms with Crippen LogP contribution in [0.4, 0.5) is 10.5 Å². The lowest BCUT2D eigenvalue weighted by Crippen LogP contribution is -2.54. The molecule has 3 atom stereocenters. The molecule has 34 heteroatoms. The second-order valence-electron chi connectivity index (χ2n) is 26.8. The van der Waals surface area contributed by atoms with Crippen LogP contribution in [0.15, 0.2) is 153 Å². The number of hydrazine groups is 1. The van der Waals surface area contributed by atoms with Gasteiger partial charge in [-0.25, -0.2) is 14.6 Å².